The maximum Gasteiger partial charge on any atom is 0.305 e. The molecule has 0 N–H and O–H groups in total. The number of quaternary nitrogens is 1. The number of carbonyl (C=O) groups is 3. The standard InChI is InChI=1S/C44H86NO6.CH4.ClH/c1-7-10-13-16-19-22-25-28-31-34-41(46)49-38-44(37-45(4,5)6,39-50-42(47)35-32-29-26-23-20-17-14-11-8-2)40-51-43(48)36-33-30-27-24-21-18-15-12-9-3;;/h7-40H2,1-6H3;1H4;1H/q+1;;/p-1. The average Bonchev–Trinajstić information content (AvgIpc) is 3.09. The molecule has 0 amide bonds. The van der Waals surface area contributed by atoms with Gasteiger partial charge < -0.3 is 31.1 Å². The van der Waals surface area contributed by atoms with E-state index in [9.17, 15) is 14.4 Å². The molecule has 0 saturated heterocycles. The van der Waals surface area contributed by atoms with Crippen molar-refractivity contribution in [1.82, 2.24) is 0 Å². The summed E-state index contributed by atoms with van der Waals surface area (Å²) in [7, 11) is 6.19. The van der Waals surface area contributed by atoms with E-state index in [0.29, 0.717) is 30.3 Å². The smallest absolute Gasteiger partial charge is 0.305 e. The second-order valence-corrected chi connectivity index (χ2v) is 16.7. The predicted molar refractivity (Wildman–Crippen MR) is 220 cm³/mol. The number of esters is 3. The number of hydrogen-bond acceptors (Lipinski definition) is 6. The van der Waals surface area contributed by atoms with Crippen molar-refractivity contribution in [2.24, 2.45) is 5.41 Å². The van der Waals surface area contributed by atoms with Gasteiger partial charge in [0.2, 0.25) is 0 Å². The molecule has 53 heavy (non-hydrogen) atoms. The first-order valence-electron chi connectivity index (χ1n) is 21.8. The Hall–Kier alpha value is -1.34. The second kappa shape index (κ2) is 38.9. The van der Waals surface area contributed by atoms with Gasteiger partial charge in [0.1, 0.15) is 25.2 Å². The largest absolute Gasteiger partial charge is 1.00 e. The van der Waals surface area contributed by atoms with E-state index in [2.05, 4.69) is 41.9 Å². The Morgan fingerprint density at radius 2 is 0.604 bits per heavy atom. The van der Waals surface area contributed by atoms with Crippen molar-refractivity contribution in [2.75, 3.05) is 47.5 Å². The highest BCUT2D eigenvalue weighted by molar-refractivity contribution is 5.70. The highest BCUT2D eigenvalue weighted by Crippen LogP contribution is 2.25. The van der Waals surface area contributed by atoms with Gasteiger partial charge in [-0.3, -0.25) is 14.4 Å². The first kappa shape index (κ1) is 56.0. The van der Waals surface area contributed by atoms with Crippen LogP contribution in [-0.2, 0) is 28.6 Å². The first-order chi connectivity index (χ1) is 24.6. The molecule has 0 spiro atoms. The van der Waals surface area contributed by atoms with Crippen LogP contribution in [-0.4, -0.2) is 69.9 Å². The zero-order valence-electron chi connectivity index (χ0n) is 35.3. The molecule has 0 aromatic rings. The number of ether oxygens (including phenoxy) is 3. The van der Waals surface area contributed by atoms with Gasteiger partial charge in [0, 0.05) is 19.3 Å². The molecule has 0 aliphatic carbocycles. The van der Waals surface area contributed by atoms with Crippen LogP contribution >= 0.6 is 0 Å². The summed E-state index contributed by atoms with van der Waals surface area (Å²) < 4.78 is 18.2. The van der Waals surface area contributed by atoms with Crippen molar-refractivity contribution in [2.45, 2.75) is 221 Å². The fourth-order valence-corrected chi connectivity index (χ4v) is 6.93. The Bertz CT molecular complexity index is 737. The second-order valence-electron chi connectivity index (χ2n) is 16.7. The Morgan fingerprint density at radius 3 is 0.811 bits per heavy atom. The topological polar surface area (TPSA) is 78.9 Å². The van der Waals surface area contributed by atoms with E-state index in [1.165, 1.54) is 116 Å². The minimum absolute atomic E-state index is 0. The number of carbonyl (C=O) groups excluding carboxylic acids is 3. The molecule has 0 aromatic carbocycles. The van der Waals surface area contributed by atoms with E-state index >= 15 is 0 Å². The maximum absolute atomic E-state index is 12.9. The SMILES string of the molecule is C.CCCCCCCCCCCC(=O)OCC(COC(=O)CCCCCCCCCCC)(COC(=O)CCCCCCCCCCC)C[N+](C)(C)C.[Cl-]. The van der Waals surface area contributed by atoms with Gasteiger partial charge in [-0.05, 0) is 19.3 Å². The van der Waals surface area contributed by atoms with Gasteiger partial charge in [-0.2, -0.15) is 0 Å². The Morgan fingerprint density at radius 1 is 0.396 bits per heavy atom. The molecule has 0 fully saturated rings. The molecular formula is C45H90ClNO6. The van der Waals surface area contributed by atoms with Crippen LogP contribution in [0.2, 0.25) is 0 Å². The lowest BCUT2D eigenvalue weighted by molar-refractivity contribution is -0.877. The number of hydrogen-bond donors (Lipinski definition) is 0. The number of nitrogens with zero attached hydrogens (tertiary/aromatic N) is 1. The lowest BCUT2D eigenvalue weighted by Gasteiger charge is -2.38. The summed E-state index contributed by atoms with van der Waals surface area (Å²) in [6, 6.07) is 0. The monoisotopic (exact) mass is 776 g/mol. The zero-order valence-corrected chi connectivity index (χ0v) is 36.1. The Kier molecular flexibility index (Phi) is 41.1. The molecule has 0 aliphatic rings. The third-order valence-corrected chi connectivity index (χ3v) is 9.88. The van der Waals surface area contributed by atoms with Gasteiger partial charge in [-0.15, -0.1) is 0 Å². The number of rotatable bonds is 38. The normalized spacial score (nSPS) is 11.4. The lowest BCUT2D eigenvalue weighted by atomic mass is 9.89. The minimum atomic E-state index is -0.811. The molecule has 0 rings (SSSR count). The van der Waals surface area contributed by atoms with Crippen LogP contribution < -0.4 is 12.4 Å². The van der Waals surface area contributed by atoms with Crippen molar-refractivity contribution >= 4 is 17.9 Å². The minimum Gasteiger partial charge on any atom is -1.00 e. The summed E-state index contributed by atoms with van der Waals surface area (Å²) in [5.41, 5.74) is -0.811. The number of halogens is 1. The Balaban J connectivity index is -0.0000125. The summed E-state index contributed by atoms with van der Waals surface area (Å²) in [5.74, 6) is -0.692. The first-order valence-corrected chi connectivity index (χ1v) is 21.8. The molecule has 318 valence electrons. The van der Waals surface area contributed by atoms with Crippen LogP contribution in [0, 0.1) is 5.41 Å². The summed E-state index contributed by atoms with van der Waals surface area (Å²) in [6.45, 7) is 7.45. The Labute approximate surface area is 336 Å². The van der Waals surface area contributed by atoms with Gasteiger partial charge in [0.25, 0.3) is 0 Å². The summed E-state index contributed by atoms with van der Waals surface area (Å²) in [4.78, 5) is 38.7. The van der Waals surface area contributed by atoms with Crippen LogP contribution in [0.15, 0.2) is 0 Å². The third kappa shape index (κ3) is 38.7. The maximum atomic E-state index is 12.9. The summed E-state index contributed by atoms with van der Waals surface area (Å²) in [6.07, 6.45) is 33.2. The van der Waals surface area contributed by atoms with Crippen molar-refractivity contribution in [3.63, 3.8) is 0 Å². The lowest BCUT2D eigenvalue weighted by Crippen LogP contribution is -3.00. The molecule has 8 heteroatoms. The fourth-order valence-electron chi connectivity index (χ4n) is 6.93. The van der Waals surface area contributed by atoms with E-state index < -0.39 is 5.41 Å². The number of unbranched alkanes of at least 4 members (excludes halogenated alkanes) is 24. The molecular weight excluding hydrogens is 686 g/mol. The van der Waals surface area contributed by atoms with Gasteiger partial charge in [0.05, 0.1) is 27.7 Å². The zero-order chi connectivity index (χ0) is 37.9. The van der Waals surface area contributed by atoms with Crippen molar-refractivity contribution in [3.05, 3.63) is 0 Å². The van der Waals surface area contributed by atoms with Gasteiger partial charge in [-0.25, -0.2) is 0 Å². The highest BCUT2D eigenvalue weighted by atomic mass is 35.5. The van der Waals surface area contributed by atoms with Crippen molar-refractivity contribution in [1.29, 1.82) is 0 Å². The molecule has 0 aromatic heterocycles. The molecule has 0 unspecified atom stereocenters. The molecule has 0 bridgehead atoms. The van der Waals surface area contributed by atoms with E-state index in [1.807, 2.05) is 0 Å². The van der Waals surface area contributed by atoms with E-state index in [4.69, 9.17) is 14.2 Å². The summed E-state index contributed by atoms with van der Waals surface area (Å²) >= 11 is 0. The quantitative estimate of drug-likeness (QED) is 0.0269. The van der Waals surface area contributed by atoms with Crippen LogP contribution in [0.1, 0.15) is 221 Å². The van der Waals surface area contributed by atoms with Crippen LogP contribution in [0.5, 0.6) is 0 Å². The van der Waals surface area contributed by atoms with Crippen LogP contribution in [0.4, 0.5) is 0 Å². The molecule has 7 nitrogen and oxygen atoms in total. The molecule has 0 saturated carbocycles. The molecule has 0 heterocycles. The van der Waals surface area contributed by atoms with Crippen LogP contribution in [0.25, 0.3) is 0 Å². The van der Waals surface area contributed by atoms with E-state index in [-0.39, 0.29) is 57.6 Å². The molecule has 0 radical (unpaired) electrons. The third-order valence-electron chi connectivity index (χ3n) is 9.88. The molecule has 0 atom stereocenters. The van der Waals surface area contributed by atoms with Crippen LogP contribution in [0.3, 0.4) is 0 Å². The molecule has 0 aliphatic heterocycles. The van der Waals surface area contributed by atoms with Gasteiger partial charge in [-0.1, -0.05) is 182 Å². The summed E-state index contributed by atoms with van der Waals surface area (Å²) in [5, 5.41) is 0. The van der Waals surface area contributed by atoms with Gasteiger partial charge >= 0.3 is 17.9 Å². The van der Waals surface area contributed by atoms with Gasteiger partial charge in [0.15, 0.2) is 0 Å². The predicted octanol–water partition coefficient (Wildman–Crippen LogP) is 9.71. The fraction of sp³-hybridized carbons (Fsp3) is 0.933. The van der Waals surface area contributed by atoms with E-state index in [1.54, 1.807) is 0 Å². The average molecular weight is 777 g/mol. The van der Waals surface area contributed by atoms with Crippen molar-refractivity contribution in [3.8, 4) is 0 Å². The van der Waals surface area contributed by atoms with E-state index in [0.717, 1.165) is 57.8 Å². The van der Waals surface area contributed by atoms with Crippen molar-refractivity contribution < 1.29 is 45.5 Å². The highest BCUT2D eigenvalue weighted by Gasteiger charge is 2.41.